The fraction of sp³-hybridized carbons (Fsp3) is 0.467. The summed E-state index contributed by atoms with van der Waals surface area (Å²) in [6, 6.07) is 8.89. The Balaban J connectivity index is 2.28. The molecule has 0 heterocycles. The van der Waals surface area contributed by atoms with E-state index in [0.29, 0.717) is 42.2 Å². The highest BCUT2D eigenvalue weighted by Crippen LogP contribution is 2.13. The molecule has 0 radical (unpaired) electrons. The van der Waals surface area contributed by atoms with Crippen LogP contribution in [-0.2, 0) is 20.3 Å². The summed E-state index contributed by atoms with van der Waals surface area (Å²) in [5.41, 5.74) is 0.959. The summed E-state index contributed by atoms with van der Waals surface area (Å²) in [7, 11) is 0.715. The molecule has 0 saturated carbocycles. The van der Waals surface area contributed by atoms with E-state index in [0.717, 1.165) is 6.42 Å². The highest BCUT2D eigenvalue weighted by Gasteiger charge is 2.07. The molecule has 21 heavy (non-hydrogen) atoms. The van der Waals surface area contributed by atoms with Gasteiger partial charge in [-0.05, 0) is 25.0 Å². The lowest BCUT2D eigenvalue weighted by atomic mass is 10.2. The molecule has 0 bridgehead atoms. The van der Waals surface area contributed by atoms with Crippen molar-refractivity contribution in [3.8, 4) is 6.07 Å². The monoisotopic (exact) mass is 308 g/mol. The van der Waals surface area contributed by atoms with Crippen LogP contribution < -0.4 is 5.32 Å². The molecule has 6 heteroatoms. The molecule has 0 spiro atoms. The molecule has 1 atom stereocenters. The van der Waals surface area contributed by atoms with Crippen LogP contribution in [0, 0.1) is 11.3 Å². The van der Waals surface area contributed by atoms with Gasteiger partial charge in [0.15, 0.2) is 0 Å². The van der Waals surface area contributed by atoms with Crippen LogP contribution in [-0.4, -0.2) is 35.3 Å². The highest BCUT2D eigenvalue weighted by molar-refractivity contribution is 7.84. The largest absolute Gasteiger partial charge is 0.385 e. The second-order valence-electron chi connectivity index (χ2n) is 4.50. The van der Waals surface area contributed by atoms with Gasteiger partial charge in [0.1, 0.15) is 6.07 Å². The third-order valence-corrected chi connectivity index (χ3v) is 4.31. The van der Waals surface area contributed by atoms with E-state index in [9.17, 15) is 9.00 Å². The van der Waals surface area contributed by atoms with Gasteiger partial charge in [0.2, 0.25) is 5.91 Å². The summed E-state index contributed by atoms with van der Waals surface area (Å²) >= 11 is 0. The maximum atomic E-state index is 11.8. The first kappa shape index (κ1) is 17.3. The van der Waals surface area contributed by atoms with E-state index in [4.69, 9.17) is 10.00 Å². The van der Waals surface area contributed by atoms with E-state index in [1.54, 1.807) is 31.4 Å². The number of para-hydroxylation sites is 1. The second kappa shape index (κ2) is 10.1. The van der Waals surface area contributed by atoms with E-state index in [-0.39, 0.29) is 5.91 Å². The molecular weight excluding hydrogens is 288 g/mol. The van der Waals surface area contributed by atoms with Crippen molar-refractivity contribution in [3.63, 3.8) is 0 Å². The minimum atomic E-state index is -0.903. The van der Waals surface area contributed by atoms with Gasteiger partial charge in [-0.1, -0.05) is 12.1 Å². The molecule has 5 nitrogen and oxygen atoms in total. The van der Waals surface area contributed by atoms with Gasteiger partial charge < -0.3 is 10.1 Å². The number of carbonyl (C=O) groups excluding carboxylic acids is 1. The van der Waals surface area contributed by atoms with Crippen LogP contribution in [0.15, 0.2) is 24.3 Å². The van der Waals surface area contributed by atoms with Crippen molar-refractivity contribution in [2.45, 2.75) is 19.3 Å². The lowest BCUT2D eigenvalue weighted by molar-refractivity contribution is -0.116. The van der Waals surface area contributed by atoms with Gasteiger partial charge in [-0.3, -0.25) is 9.00 Å². The lowest BCUT2D eigenvalue weighted by Gasteiger charge is -2.06. The van der Waals surface area contributed by atoms with Crippen LogP contribution in [0.4, 0.5) is 5.69 Å². The molecule has 1 amide bonds. The summed E-state index contributed by atoms with van der Waals surface area (Å²) in [4.78, 5) is 11.8. The van der Waals surface area contributed by atoms with E-state index < -0.39 is 10.8 Å². The Kier molecular flexibility index (Phi) is 8.32. The molecule has 0 aliphatic heterocycles. The molecule has 114 valence electrons. The van der Waals surface area contributed by atoms with Crippen molar-refractivity contribution in [2.75, 3.05) is 30.5 Å². The van der Waals surface area contributed by atoms with Crippen LogP contribution in [0.2, 0.25) is 0 Å². The Morgan fingerprint density at radius 2 is 2.05 bits per heavy atom. The molecule has 1 unspecified atom stereocenters. The number of hydrogen-bond donors (Lipinski definition) is 1. The number of anilines is 1. The summed E-state index contributed by atoms with van der Waals surface area (Å²) in [6.07, 6.45) is 1.64. The first-order valence-electron chi connectivity index (χ1n) is 6.80. The standard InChI is InChI=1S/C15H20N2O3S/c1-20-9-5-11-21(19)10-4-8-15(18)17-14-7-3-2-6-13(14)12-16/h2-3,6-7H,4-5,8-11H2,1H3,(H,17,18). The zero-order valence-electron chi connectivity index (χ0n) is 12.1. The topological polar surface area (TPSA) is 79.2 Å². The average molecular weight is 308 g/mol. The first-order chi connectivity index (χ1) is 10.2. The van der Waals surface area contributed by atoms with Gasteiger partial charge in [0.05, 0.1) is 11.3 Å². The smallest absolute Gasteiger partial charge is 0.224 e. The molecule has 0 aromatic heterocycles. The number of benzene rings is 1. The number of methoxy groups -OCH3 is 1. The molecule has 0 aliphatic carbocycles. The summed E-state index contributed by atoms with van der Waals surface area (Å²) < 4.78 is 16.5. The maximum Gasteiger partial charge on any atom is 0.224 e. The van der Waals surface area contributed by atoms with E-state index in [1.807, 2.05) is 6.07 Å². The molecule has 1 rings (SSSR count). The van der Waals surface area contributed by atoms with Gasteiger partial charge >= 0.3 is 0 Å². The minimum Gasteiger partial charge on any atom is -0.385 e. The second-order valence-corrected chi connectivity index (χ2v) is 6.20. The molecule has 1 aromatic carbocycles. The Bertz CT molecular complexity index is 526. The van der Waals surface area contributed by atoms with Gasteiger partial charge in [-0.15, -0.1) is 0 Å². The van der Waals surface area contributed by atoms with Crippen molar-refractivity contribution in [1.82, 2.24) is 0 Å². The predicted molar refractivity (Wildman–Crippen MR) is 83.4 cm³/mol. The number of hydrogen-bond acceptors (Lipinski definition) is 4. The third-order valence-electron chi connectivity index (χ3n) is 2.82. The summed E-state index contributed by atoms with van der Waals surface area (Å²) in [5.74, 6) is 0.954. The van der Waals surface area contributed by atoms with Crippen molar-refractivity contribution < 1.29 is 13.7 Å². The van der Waals surface area contributed by atoms with Gasteiger partial charge in [-0.25, -0.2) is 0 Å². The van der Waals surface area contributed by atoms with E-state index in [1.165, 1.54) is 0 Å². The maximum absolute atomic E-state index is 11.8. The van der Waals surface area contributed by atoms with Gasteiger partial charge in [-0.2, -0.15) is 5.26 Å². The van der Waals surface area contributed by atoms with Crippen molar-refractivity contribution >= 4 is 22.4 Å². The molecular formula is C15H20N2O3S. The number of ether oxygens (including phenoxy) is 1. The number of nitriles is 1. The summed E-state index contributed by atoms with van der Waals surface area (Å²) in [5, 5.41) is 11.6. The zero-order valence-corrected chi connectivity index (χ0v) is 12.9. The summed E-state index contributed by atoms with van der Waals surface area (Å²) in [6.45, 7) is 0.608. The number of nitrogens with zero attached hydrogens (tertiary/aromatic N) is 1. The number of rotatable bonds is 9. The number of carbonyl (C=O) groups is 1. The Labute approximate surface area is 127 Å². The molecule has 0 fully saturated rings. The Morgan fingerprint density at radius 3 is 2.76 bits per heavy atom. The van der Waals surface area contributed by atoms with E-state index >= 15 is 0 Å². The lowest BCUT2D eigenvalue weighted by Crippen LogP contribution is -2.14. The molecule has 0 saturated heterocycles. The fourth-order valence-electron chi connectivity index (χ4n) is 1.76. The van der Waals surface area contributed by atoms with Crippen molar-refractivity contribution in [1.29, 1.82) is 5.26 Å². The van der Waals surface area contributed by atoms with Crippen LogP contribution in [0.1, 0.15) is 24.8 Å². The van der Waals surface area contributed by atoms with Crippen LogP contribution in [0.3, 0.4) is 0 Å². The van der Waals surface area contributed by atoms with Crippen LogP contribution >= 0.6 is 0 Å². The van der Waals surface area contributed by atoms with E-state index in [2.05, 4.69) is 5.32 Å². The molecule has 1 N–H and O–H groups in total. The van der Waals surface area contributed by atoms with Gasteiger partial charge in [0, 0.05) is 42.4 Å². The SMILES string of the molecule is COCCCS(=O)CCCC(=O)Nc1ccccc1C#N. The highest BCUT2D eigenvalue weighted by atomic mass is 32.2. The molecule has 1 aromatic rings. The number of nitrogens with one attached hydrogen (secondary N) is 1. The van der Waals surface area contributed by atoms with Gasteiger partial charge in [0.25, 0.3) is 0 Å². The van der Waals surface area contributed by atoms with Crippen LogP contribution in [0.5, 0.6) is 0 Å². The Hall–Kier alpha value is -1.71. The quantitative estimate of drug-likeness (QED) is 0.708. The fourth-order valence-corrected chi connectivity index (χ4v) is 2.87. The Morgan fingerprint density at radius 1 is 1.33 bits per heavy atom. The minimum absolute atomic E-state index is 0.161. The van der Waals surface area contributed by atoms with Crippen molar-refractivity contribution in [3.05, 3.63) is 29.8 Å². The third kappa shape index (κ3) is 7.02. The molecule has 0 aliphatic rings. The average Bonchev–Trinajstić information content (AvgIpc) is 2.48. The predicted octanol–water partition coefficient (Wildman–Crippen LogP) is 2.06. The van der Waals surface area contributed by atoms with Crippen LogP contribution in [0.25, 0.3) is 0 Å². The first-order valence-corrected chi connectivity index (χ1v) is 8.29. The zero-order chi connectivity index (χ0) is 15.5. The number of amides is 1. The normalized spacial score (nSPS) is 11.6. The van der Waals surface area contributed by atoms with Crippen molar-refractivity contribution in [2.24, 2.45) is 0 Å².